The average molecular weight is 286 g/mol. The van der Waals surface area contributed by atoms with Crippen LogP contribution < -0.4 is 0 Å². The number of benzene rings is 2. The van der Waals surface area contributed by atoms with Crippen LogP contribution in [0, 0.1) is 0 Å². The molecule has 1 nitrogen and oxygen atoms in total. The van der Waals surface area contributed by atoms with Crippen molar-refractivity contribution in [3.63, 3.8) is 0 Å². The average Bonchev–Trinajstić information content (AvgIpc) is 2.49. The standard InChI is InChI=1S/C18H20ClN/c19-18-10-4-8-16(12-18)17-9-5-11-20(14-17)13-15-6-2-1-3-7-15/h1-4,6-8,10,12,17H,5,9,11,13-14H2. The van der Waals surface area contributed by atoms with E-state index in [9.17, 15) is 0 Å². The van der Waals surface area contributed by atoms with Gasteiger partial charge in [-0.2, -0.15) is 0 Å². The minimum absolute atomic E-state index is 0.617. The third-order valence-electron chi connectivity index (χ3n) is 4.07. The fourth-order valence-corrected chi connectivity index (χ4v) is 3.27. The maximum atomic E-state index is 6.12. The number of rotatable bonds is 3. The highest BCUT2D eigenvalue weighted by molar-refractivity contribution is 6.30. The fraction of sp³-hybridized carbons (Fsp3) is 0.333. The van der Waals surface area contributed by atoms with E-state index >= 15 is 0 Å². The summed E-state index contributed by atoms with van der Waals surface area (Å²) in [5, 5.41) is 0.850. The molecule has 104 valence electrons. The second kappa shape index (κ2) is 6.43. The summed E-state index contributed by atoms with van der Waals surface area (Å²) in [5.74, 6) is 0.617. The van der Waals surface area contributed by atoms with Crippen LogP contribution >= 0.6 is 11.6 Å². The number of likely N-dealkylation sites (tertiary alicyclic amines) is 1. The molecule has 0 bridgehead atoms. The van der Waals surface area contributed by atoms with Gasteiger partial charge < -0.3 is 0 Å². The normalized spacial score (nSPS) is 19.9. The number of nitrogens with zero attached hydrogens (tertiary/aromatic N) is 1. The molecular formula is C18H20ClN. The molecule has 0 aromatic heterocycles. The van der Waals surface area contributed by atoms with Gasteiger partial charge in [0.25, 0.3) is 0 Å². The van der Waals surface area contributed by atoms with Gasteiger partial charge in [-0.25, -0.2) is 0 Å². The van der Waals surface area contributed by atoms with Crippen molar-refractivity contribution in [2.75, 3.05) is 13.1 Å². The highest BCUT2D eigenvalue weighted by Gasteiger charge is 2.21. The monoisotopic (exact) mass is 285 g/mol. The first kappa shape index (κ1) is 13.7. The van der Waals surface area contributed by atoms with Gasteiger partial charge in [0.15, 0.2) is 0 Å². The minimum Gasteiger partial charge on any atom is -0.298 e. The first-order chi connectivity index (χ1) is 9.81. The first-order valence-corrected chi connectivity index (χ1v) is 7.71. The smallest absolute Gasteiger partial charge is 0.0408 e. The zero-order valence-corrected chi connectivity index (χ0v) is 12.4. The molecule has 0 spiro atoms. The van der Waals surface area contributed by atoms with E-state index in [-0.39, 0.29) is 0 Å². The van der Waals surface area contributed by atoms with Crippen molar-refractivity contribution in [3.8, 4) is 0 Å². The van der Waals surface area contributed by atoms with Gasteiger partial charge in [0.1, 0.15) is 0 Å². The number of piperidine rings is 1. The maximum absolute atomic E-state index is 6.12. The van der Waals surface area contributed by atoms with Crippen LogP contribution in [0.15, 0.2) is 54.6 Å². The van der Waals surface area contributed by atoms with Gasteiger partial charge in [-0.05, 0) is 48.6 Å². The molecule has 3 rings (SSSR count). The van der Waals surface area contributed by atoms with Crippen LogP contribution in [0.2, 0.25) is 5.02 Å². The minimum atomic E-state index is 0.617. The maximum Gasteiger partial charge on any atom is 0.0408 e. The third-order valence-corrected chi connectivity index (χ3v) is 4.31. The number of hydrogen-bond acceptors (Lipinski definition) is 1. The predicted molar refractivity (Wildman–Crippen MR) is 85.1 cm³/mol. The van der Waals surface area contributed by atoms with Crippen molar-refractivity contribution in [2.45, 2.75) is 25.3 Å². The molecule has 0 amide bonds. The Morgan fingerprint density at radius 2 is 1.90 bits per heavy atom. The zero-order chi connectivity index (χ0) is 13.8. The molecule has 1 unspecified atom stereocenters. The van der Waals surface area contributed by atoms with Crippen molar-refractivity contribution in [2.24, 2.45) is 0 Å². The number of hydrogen-bond donors (Lipinski definition) is 0. The van der Waals surface area contributed by atoms with E-state index in [1.165, 1.54) is 30.5 Å². The molecule has 2 heteroatoms. The molecular weight excluding hydrogens is 266 g/mol. The molecule has 1 heterocycles. The van der Waals surface area contributed by atoms with Crippen LogP contribution in [0.4, 0.5) is 0 Å². The first-order valence-electron chi connectivity index (χ1n) is 7.33. The Kier molecular flexibility index (Phi) is 4.39. The Labute approximate surface area is 126 Å². The van der Waals surface area contributed by atoms with Crippen LogP contribution in [0.3, 0.4) is 0 Å². The Hall–Kier alpha value is -1.31. The summed E-state index contributed by atoms with van der Waals surface area (Å²) >= 11 is 6.12. The SMILES string of the molecule is Clc1cccc(C2CCCN(Cc3ccccc3)C2)c1. The Morgan fingerprint density at radius 1 is 1.05 bits per heavy atom. The van der Waals surface area contributed by atoms with E-state index in [1.54, 1.807) is 0 Å². The van der Waals surface area contributed by atoms with E-state index in [1.807, 2.05) is 6.07 Å². The molecule has 0 saturated carbocycles. The van der Waals surface area contributed by atoms with E-state index in [2.05, 4.69) is 53.4 Å². The van der Waals surface area contributed by atoms with Gasteiger partial charge >= 0.3 is 0 Å². The lowest BCUT2D eigenvalue weighted by Crippen LogP contribution is -2.33. The van der Waals surface area contributed by atoms with Crippen LogP contribution in [0.1, 0.15) is 29.9 Å². The van der Waals surface area contributed by atoms with E-state index < -0.39 is 0 Å². The van der Waals surface area contributed by atoms with Crippen LogP contribution in [-0.2, 0) is 6.54 Å². The van der Waals surface area contributed by atoms with E-state index in [0.29, 0.717) is 5.92 Å². The molecule has 0 radical (unpaired) electrons. The quantitative estimate of drug-likeness (QED) is 0.789. The van der Waals surface area contributed by atoms with Gasteiger partial charge in [-0.1, -0.05) is 54.1 Å². The molecule has 20 heavy (non-hydrogen) atoms. The predicted octanol–water partition coefficient (Wildman–Crippen LogP) is 4.72. The molecule has 2 aromatic rings. The summed E-state index contributed by atoms with van der Waals surface area (Å²) in [6, 6.07) is 19.1. The van der Waals surface area contributed by atoms with Crippen LogP contribution in [0.25, 0.3) is 0 Å². The van der Waals surface area contributed by atoms with E-state index in [4.69, 9.17) is 11.6 Å². The lowest BCUT2D eigenvalue weighted by atomic mass is 9.90. The largest absolute Gasteiger partial charge is 0.298 e. The summed E-state index contributed by atoms with van der Waals surface area (Å²) < 4.78 is 0. The summed E-state index contributed by atoms with van der Waals surface area (Å²) in [6.45, 7) is 3.39. The summed E-state index contributed by atoms with van der Waals surface area (Å²) in [7, 11) is 0. The van der Waals surface area contributed by atoms with Crippen molar-refractivity contribution >= 4 is 11.6 Å². The molecule has 1 saturated heterocycles. The molecule has 0 N–H and O–H groups in total. The van der Waals surface area contributed by atoms with Crippen LogP contribution in [0.5, 0.6) is 0 Å². The highest BCUT2D eigenvalue weighted by Crippen LogP contribution is 2.29. The van der Waals surface area contributed by atoms with Gasteiger partial charge in [0.2, 0.25) is 0 Å². The van der Waals surface area contributed by atoms with Crippen molar-refractivity contribution in [1.82, 2.24) is 4.90 Å². The molecule has 1 aliphatic rings. The Morgan fingerprint density at radius 3 is 2.70 bits per heavy atom. The lowest BCUT2D eigenvalue weighted by Gasteiger charge is -2.33. The molecule has 2 aromatic carbocycles. The van der Waals surface area contributed by atoms with Gasteiger partial charge in [0.05, 0.1) is 0 Å². The summed E-state index contributed by atoms with van der Waals surface area (Å²) in [4.78, 5) is 2.56. The molecule has 1 aliphatic heterocycles. The third kappa shape index (κ3) is 3.41. The molecule has 0 aliphatic carbocycles. The molecule has 1 atom stereocenters. The van der Waals surface area contributed by atoms with Crippen molar-refractivity contribution in [1.29, 1.82) is 0 Å². The highest BCUT2D eigenvalue weighted by atomic mass is 35.5. The zero-order valence-electron chi connectivity index (χ0n) is 11.6. The summed E-state index contributed by atoms with van der Waals surface area (Å²) in [5.41, 5.74) is 2.79. The lowest BCUT2D eigenvalue weighted by molar-refractivity contribution is 0.200. The van der Waals surface area contributed by atoms with Gasteiger partial charge in [-0.3, -0.25) is 4.90 Å². The Bertz CT molecular complexity index is 552. The van der Waals surface area contributed by atoms with Gasteiger partial charge in [0, 0.05) is 18.1 Å². The second-order valence-corrected chi connectivity index (χ2v) is 6.05. The topological polar surface area (TPSA) is 3.24 Å². The molecule has 1 fully saturated rings. The van der Waals surface area contributed by atoms with Crippen molar-refractivity contribution in [3.05, 3.63) is 70.7 Å². The van der Waals surface area contributed by atoms with E-state index in [0.717, 1.165) is 18.1 Å². The van der Waals surface area contributed by atoms with Crippen molar-refractivity contribution < 1.29 is 0 Å². The summed E-state index contributed by atoms with van der Waals surface area (Å²) in [6.07, 6.45) is 2.54. The Balaban J connectivity index is 1.67. The second-order valence-electron chi connectivity index (χ2n) is 5.61. The fourth-order valence-electron chi connectivity index (χ4n) is 3.07. The number of halogens is 1. The van der Waals surface area contributed by atoms with Crippen LogP contribution in [-0.4, -0.2) is 18.0 Å². The van der Waals surface area contributed by atoms with Gasteiger partial charge in [-0.15, -0.1) is 0 Å².